The number of hydrogen-bond donors (Lipinski definition) is 1. The maximum absolute atomic E-state index is 6.12. The Morgan fingerprint density at radius 3 is 2.85 bits per heavy atom. The molecule has 0 aliphatic rings. The molecule has 0 saturated heterocycles. The van der Waals surface area contributed by atoms with Gasteiger partial charge in [-0.15, -0.1) is 0 Å². The summed E-state index contributed by atoms with van der Waals surface area (Å²) >= 11 is 12.0. The first-order chi connectivity index (χ1) is 9.60. The van der Waals surface area contributed by atoms with Crippen LogP contribution in [0.25, 0.3) is 0 Å². The normalized spacial score (nSPS) is 12.6. The van der Waals surface area contributed by atoms with E-state index in [-0.39, 0.29) is 6.04 Å². The van der Waals surface area contributed by atoms with Gasteiger partial charge in [-0.2, -0.15) is 4.98 Å². The monoisotopic (exact) mass is 313 g/mol. The quantitative estimate of drug-likeness (QED) is 0.869. The molecule has 2 N–H and O–H groups in total. The van der Waals surface area contributed by atoms with E-state index in [1.807, 2.05) is 6.07 Å². The zero-order valence-corrected chi connectivity index (χ0v) is 12.8. The number of halogens is 2. The molecule has 0 spiro atoms. The molecule has 0 saturated carbocycles. The van der Waals surface area contributed by atoms with Gasteiger partial charge in [0, 0.05) is 16.5 Å². The zero-order valence-electron chi connectivity index (χ0n) is 11.3. The molecule has 20 heavy (non-hydrogen) atoms. The highest BCUT2D eigenvalue weighted by atomic mass is 35.5. The topological polar surface area (TPSA) is 64.9 Å². The SMILES string of the molecule is CCCCC(N)c1nc(Cc2ccc(Cl)cc2Cl)no1. The second-order valence-corrected chi connectivity index (χ2v) is 5.55. The fourth-order valence-electron chi connectivity index (χ4n) is 1.87. The van der Waals surface area contributed by atoms with E-state index in [9.17, 15) is 0 Å². The van der Waals surface area contributed by atoms with Gasteiger partial charge in [-0.05, 0) is 24.1 Å². The summed E-state index contributed by atoms with van der Waals surface area (Å²) in [6, 6.07) is 5.15. The summed E-state index contributed by atoms with van der Waals surface area (Å²) in [6.07, 6.45) is 3.48. The molecule has 0 bridgehead atoms. The van der Waals surface area contributed by atoms with E-state index in [0.717, 1.165) is 24.8 Å². The molecular weight excluding hydrogens is 297 g/mol. The lowest BCUT2D eigenvalue weighted by Gasteiger charge is -2.04. The minimum absolute atomic E-state index is 0.197. The van der Waals surface area contributed by atoms with Crippen molar-refractivity contribution in [2.24, 2.45) is 5.73 Å². The van der Waals surface area contributed by atoms with Crippen molar-refractivity contribution in [3.8, 4) is 0 Å². The van der Waals surface area contributed by atoms with Gasteiger partial charge < -0.3 is 10.3 Å². The van der Waals surface area contributed by atoms with Crippen LogP contribution >= 0.6 is 23.2 Å². The summed E-state index contributed by atoms with van der Waals surface area (Å²) in [4.78, 5) is 4.33. The van der Waals surface area contributed by atoms with Crippen LogP contribution in [0.4, 0.5) is 0 Å². The summed E-state index contributed by atoms with van der Waals surface area (Å²) < 4.78 is 5.20. The lowest BCUT2D eigenvalue weighted by Crippen LogP contribution is -2.10. The Morgan fingerprint density at radius 2 is 2.15 bits per heavy atom. The van der Waals surface area contributed by atoms with E-state index in [2.05, 4.69) is 17.1 Å². The molecule has 1 atom stereocenters. The summed E-state index contributed by atoms with van der Waals surface area (Å²) in [6.45, 7) is 2.12. The lowest BCUT2D eigenvalue weighted by atomic mass is 10.1. The minimum Gasteiger partial charge on any atom is -0.338 e. The predicted octanol–water partition coefficient (Wildman–Crippen LogP) is 4.16. The summed E-state index contributed by atoms with van der Waals surface area (Å²) in [5.41, 5.74) is 6.91. The molecule has 1 unspecified atom stereocenters. The largest absolute Gasteiger partial charge is 0.338 e. The summed E-state index contributed by atoms with van der Waals surface area (Å²) in [5, 5.41) is 5.15. The molecule has 1 aromatic carbocycles. The van der Waals surface area contributed by atoms with Crippen molar-refractivity contribution in [2.75, 3.05) is 0 Å². The Balaban J connectivity index is 2.05. The zero-order chi connectivity index (χ0) is 14.5. The average molecular weight is 314 g/mol. The van der Waals surface area contributed by atoms with Crippen LogP contribution in [0, 0.1) is 0 Å². The van der Waals surface area contributed by atoms with E-state index in [4.69, 9.17) is 33.5 Å². The van der Waals surface area contributed by atoms with E-state index >= 15 is 0 Å². The van der Waals surface area contributed by atoms with Gasteiger partial charge in [-0.1, -0.05) is 54.2 Å². The lowest BCUT2D eigenvalue weighted by molar-refractivity contribution is 0.343. The van der Waals surface area contributed by atoms with E-state index in [1.54, 1.807) is 12.1 Å². The van der Waals surface area contributed by atoms with Crippen LogP contribution in [-0.2, 0) is 6.42 Å². The number of hydrogen-bond acceptors (Lipinski definition) is 4. The molecule has 2 rings (SSSR count). The fraction of sp³-hybridized carbons (Fsp3) is 0.429. The van der Waals surface area contributed by atoms with Crippen molar-refractivity contribution in [1.29, 1.82) is 0 Å². The summed E-state index contributed by atoms with van der Waals surface area (Å²) in [5.74, 6) is 1.06. The second kappa shape index (κ2) is 7.07. The highest BCUT2D eigenvalue weighted by Gasteiger charge is 2.15. The van der Waals surface area contributed by atoms with Gasteiger partial charge >= 0.3 is 0 Å². The van der Waals surface area contributed by atoms with Crippen LogP contribution in [0.5, 0.6) is 0 Å². The van der Waals surface area contributed by atoms with Gasteiger partial charge in [0.05, 0.1) is 6.04 Å². The van der Waals surface area contributed by atoms with E-state index in [1.165, 1.54) is 0 Å². The third-order valence-electron chi connectivity index (χ3n) is 3.03. The van der Waals surface area contributed by atoms with Gasteiger partial charge in [0.15, 0.2) is 5.82 Å². The maximum atomic E-state index is 6.12. The highest BCUT2D eigenvalue weighted by molar-refractivity contribution is 6.35. The molecule has 6 heteroatoms. The third kappa shape index (κ3) is 3.95. The van der Waals surface area contributed by atoms with Gasteiger partial charge in [0.1, 0.15) is 0 Å². The number of benzene rings is 1. The highest BCUT2D eigenvalue weighted by Crippen LogP contribution is 2.23. The Bertz CT molecular complexity index is 571. The average Bonchev–Trinajstić information content (AvgIpc) is 2.88. The van der Waals surface area contributed by atoms with Crippen LogP contribution in [0.15, 0.2) is 22.7 Å². The molecule has 2 aromatic rings. The minimum atomic E-state index is -0.197. The number of nitrogens with zero attached hydrogens (tertiary/aromatic N) is 2. The number of unbranched alkanes of at least 4 members (excludes halogenated alkanes) is 1. The number of aromatic nitrogens is 2. The van der Waals surface area contributed by atoms with E-state index < -0.39 is 0 Å². The van der Waals surface area contributed by atoms with Crippen LogP contribution in [-0.4, -0.2) is 10.1 Å². The summed E-state index contributed by atoms with van der Waals surface area (Å²) in [7, 11) is 0. The molecule has 0 aliphatic heterocycles. The van der Waals surface area contributed by atoms with Crippen molar-refractivity contribution in [2.45, 2.75) is 38.6 Å². The van der Waals surface area contributed by atoms with E-state index in [0.29, 0.717) is 28.2 Å². The smallest absolute Gasteiger partial charge is 0.243 e. The Kier molecular flexibility index (Phi) is 5.40. The van der Waals surface area contributed by atoms with Crippen LogP contribution in [0.3, 0.4) is 0 Å². The fourth-order valence-corrected chi connectivity index (χ4v) is 2.35. The second-order valence-electron chi connectivity index (χ2n) is 4.71. The Labute approximate surface area is 128 Å². The molecule has 0 amide bonds. The van der Waals surface area contributed by atoms with Crippen molar-refractivity contribution in [3.63, 3.8) is 0 Å². The van der Waals surface area contributed by atoms with Crippen molar-refractivity contribution in [1.82, 2.24) is 10.1 Å². The van der Waals surface area contributed by atoms with Crippen LogP contribution in [0.2, 0.25) is 10.0 Å². The Hall–Kier alpha value is -1.10. The van der Waals surface area contributed by atoms with Crippen molar-refractivity contribution in [3.05, 3.63) is 45.5 Å². The molecule has 0 aliphatic carbocycles. The first kappa shape index (κ1) is 15.3. The van der Waals surface area contributed by atoms with Gasteiger partial charge in [-0.25, -0.2) is 0 Å². The first-order valence-corrected chi connectivity index (χ1v) is 7.37. The number of nitrogens with two attached hydrogens (primary N) is 1. The van der Waals surface area contributed by atoms with Gasteiger partial charge in [0.2, 0.25) is 5.89 Å². The molecule has 1 aromatic heterocycles. The standard InChI is InChI=1S/C14H17Cl2N3O/c1-2-3-4-12(17)14-18-13(19-20-14)7-9-5-6-10(15)8-11(9)16/h5-6,8,12H,2-4,7,17H2,1H3. The molecule has 0 fully saturated rings. The first-order valence-electron chi connectivity index (χ1n) is 6.62. The van der Waals surface area contributed by atoms with Crippen LogP contribution in [0.1, 0.15) is 49.5 Å². The predicted molar refractivity (Wildman–Crippen MR) is 80.0 cm³/mol. The van der Waals surface area contributed by atoms with Gasteiger partial charge in [-0.3, -0.25) is 0 Å². The third-order valence-corrected chi connectivity index (χ3v) is 3.62. The van der Waals surface area contributed by atoms with Crippen LogP contribution < -0.4 is 5.73 Å². The van der Waals surface area contributed by atoms with Crippen molar-refractivity contribution < 1.29 is 4.52 Å². The number of rotatable bonds is 6. The molecule has 1 heterocycles. The maximum Gasteiger partial charge on any atom is 0.243 e. The van der Waals surface area contributed by atoms with Crippen molar-refractivity contribution >= 4 is 23.2 Å². The van der Waals surface area contributed by atoms with Gasteiger partial charge in [0.25, 0.3) is 0 Å². The molecule has 108 valence electrons. The Morgan fingerprint density at radius 1 is 1.35 bits per heavy atom. The molecule has 0 radical (unpaired) electrons. The molecule has 4 nitrogen and oxygen atoms in total. The molecular formula is C14H17Cl2N3O.